The maximum absolute atomic E-state index is 12.5. The molecule has 140 heavy (non-hydrogen) atoms. The Hall–Kier alpha value is -17.3. The highest BCUT2D eigenvalue weighted by molar-refractivity contribution is 7.90. The molecule has 42 nitrogen and oxygen atoms in total. The van der Waals surface area contributed by atoms with Crippen molar-refractivity contribution >= 4 is 140 Å². The number of nitrogens with one attached hydrogen (secondary N) is 13. The first-order chi connectivity index (χ1) is 68.2. The first kappa shape index (κ1) is 95.8. The van der Waals surface area contributed by atoms with Gasteiger partial charge in [0.25, 0.3) is 0 Å². The fourth-order valence-electron chi connectivity index (χ4n) is 13.9. The zero-order chi connectivity index (χ0) is 97.2. The van der Waals surface area contributed by atoms with E-state index in [-0.39, 0.29) is 6.61 Å². The van der Waals surface area contributed by atoms with Crippen LogP contribution in [0.1, 0.15) is 56.3 Å². The number of methoxy groups -OCH3 is 1. The molecule has 0 amide bonds. The molecule has 0 bridgehead atoms. The van der Waals surface area contributed by atoms with E-state index >= 15 is 0 Å². The van der Waals surface area contributed by atoms with Gasteiger partial charge >= 0.3 is 6.18 Å². The van der Waals surface area contributed by atoms with Gasteiger partial charge in [-0.1, -0.05) is 151 Å². The molecular formula is C93H89ClF3N35O7S. The van der Waals surface area contributed by atoms with Crippen molar-refractivity contribution in [1.29, 1.82) is 0 Å². The second kappa shape index (κ2) is 45.8. The van der Waals surface area contributed by atoms with Gasteiger partial charge in [0.2, 0.25) is 0 Å². The summed E-state index contributed by atoms with van der Waals surface area (Å²) in [6.45, 7) is 5.94. The predicted octanol–water partition coefficient (Wildman–Crippen LogP) is 13.2. The zero-order valence-corrected chi connectivity index (χ0v) is 76.2. The number of aliphatic hydroxyl groups is 3. The highest BCUT2D eigenvalue weighted by atomic mass is 35.5. The van der Waals surface area contributed by atoms with Crippen molar-refractivity contribution in [3.05, 3.63) is 326 Å². The van der Waals surface area contributed by atoms with Crippen LogP contribution in [-0.2, 0) is 66.6 Å². The smallest absolute Gasteiger partial charge is 0.416 e. The molecule has 15 heterocycles. The van der Waals surface area contributed by atoms with Crippen LogP contribution in [0, 0.1) is 6.92 Å². The van der Waals surface area contributed by atoms with Crippen LogP contribution in [0.4, 0.5) is 53.9 Å². The summed E-state index contributed by atoms with van der Waals surface area (Å²) in [5.41, 5.74) is 17.5. The lowest BCUT2D eigenvalue weighted by Crippen LogP contribution is -2.33. The number of ether oxygens (including phenoxy) is 2. The highest BCUT2D eigenvalue weighted by Crippen LogP contribution is 2.34. The Morgan fingerprint density at radius 3 is 1.01 bits per heavy atom. The van der Waals surface area contributed by atoms with Crippen LogP contribution in [0.5, 0.6) is 5.75 Å². The SMILES string of the molecule is COc1ccc(CNc2ncnc3nc[nH]c23)cc1.CS(=O)(=O)c1ccc(CNc2ncnc3nc[nH]c23)cc1.Cc1ccc(CNc2ncnc3nc[nH]c23)cc1.Clc1ccc(CNc2ncnc3nc[nH]c23)cc1.FC(F)(F)c1ccc(CNc2ncnc3nc[nH]c23)cc1.OCC1OC(n2cnc3c(NCc4ccccc4)ncnc32)C(O)C1O.c1ccc(CNc2ncnc3nc[nH]c23)cc1. The van der Waals surface area contributed by atoms with Crippen LogP contribution in [0.2, 0.25) is 5.02 Å². The van der Waals surface area contributed by atoms with Crippen molar-refractivity contribution in [3.8, 4) is 5.75 Å². The van der Waals surface area contributed by atoms with Gasteiger partial charge in [-0.3, -0.25) is 4.57 Å². The van der Waals surface area contributed by atoms with E-state index in [4.69, 9.17) is 21.1 Å². The lowest BCUT2D eigenvalue weighted by Gasteiger charge is -2.16. The van der Waals surface area contributed by atoms with Crippen molar-refractivity contribution < 1.29 is 46.4 Å². The second-order valence-electron chi connectivity index (χ2n) is 30.7. The summed E-state index contributed by atoms with van der Waals surface area (Å²) < 4.78 is 72.4. The monoisotopic (exact) mass is 1930 g/mol. The van der Waals surface area contributed by atoms with Crippen molar-refractivity contribution in [2.24, 2.45) is 0 Å². The summed E-state index contributed by atoms with van der Waals surface area (Å²) >= 11 is 5.84. The Kier molecular flexibility index (Phi) is 31.3. The molecule has 21 aromatic rings. The lowest BCUT2D eigenvalue weighted by molar-refractivity contribution is -0.137. The quantitative estimate of drug-likeness (QED) is 0.0253. The number of hydrogen-bond donors (Lipinski definition) is 16. The van der Waals surface area contributed by atoms with Gasteiger partial charge in [-0.2, -0.15) is 13.2 Å². The third-order valence-corrected chi connectivity index (χ3v) is 22.6. The maximum atomic E-state index is 12.5. The lowest BCUT2D eigenvalue weighted by atomic mass is 10.1. The number of aliphatic hydroxyl groups excluding tert-OH is 3. The maximum Gasteiger partial charge on any atom is 0.416 e. The number of hydrogen-bond acceptors (Lipinski definition) is 35. The van der Waals surface area contributed by atoms with Gasteiger partial charge in [-0.15, -0.1) is 0 Å². The molecule has 0 saturated carbocycles. The van der Waals surface area contributed by atoms with Crippen molar-refractivity contribution in [1.82, 2.24) is 139 Å². The van der Waals surface area contributed by atoms with E-state index in [2.05, 4.69) is 215 Å². The first-order valence-electron chi connectivity index (χ1n) is 43.0. The van der Waals surface area contributed by atoms with Crippen molar-refractivity contribution in [2.75, 3.05) is 57.2 Å². The number of sulfone groups is 1. The number of halogens is 4. The molecule has 16 N–H and O–H groups in total. The Morgan fingerprint density at radius 2 is 0.686 bits per heavy atom. The van der Waals surface area contributed by atoms with E-state index in [1.807, 2.05) is 97.1 Å². The predicted molar refractivity (Wildman–Crippen MR) is 519 cm³/mol. The summed E-state index contributed by atoms with van der Waals surface area (Å²) in [7, 11) is -1.51. The zero-order valence-electron chi connectivity index (χ0n) is 74.6. The number of rotatable bonds is 25. The van der Waals surface area contributed by atoms with Crippen LogP contribution >= 0.6 is 11.6 Å². The standard InChI is InChI=1S/C17H19N5O4.C13H10F3N5.C13H13N5O2S.C13H13N5O.C13H13N5.C12H10ClN5.C12H11N5/c23-7-11-13(24)14(25)17(26-11)22-9-21-12-15(19-8-20-16(12)22)18-6-10-4-2-1-3-5-10;14-13(15,16)9-3-1-8(2-4-9)5-17-11-10-12(19-6-18-10)21-7-20-11;1-21(19,20)10-4-2-9(3-5-10)6-14-12-11-13(16-7-15-11)18-8-17-12;1-19-10-4-2-9(3-5-10)6-14-12-11-13(16-7-15-11)18-8-17-12;1-9-2-4-10(5-3-9)6-14-12-11-13(16-7-15-11)18-8-17-12;13-9-3-1-8(2-4-9)5-14-11-10-12(16-6-15-10)18-7-17-11;1-2-4-9(5-3-1)6-13-11-10-12(15-7-14-10)17-8-16-11/h1-5,8-9,11,13-14,17,23-25H,6-7H2,(H,18,19,20);1-4,6-7H,5H2,(H2,17,18,19,20,21);2-5,7-8H,6H2,1H3,(H2,14,15,16,17,18);2-5,7-8H,6H2,1H3,(H2,14,15,16,17,18);2-5,7-8H,6H2,1H3,(H2,14,15,16,17,18);1-4,6-7H,5H2,(H2,14,15,16,17,18);1-5,7-8H,6H2,(H2,13,14,15,16,17). The molecule has 22 rings (SSSR count). The number of anilines is 7. The summed E-state index contributed by atoms with van der Waals surface area (Å²) in [5.74, 6) is 5.66. The van der Waals surface area contributed by atoms with Gasteiger partial charge < -0.3 is 91.9 Å². The fraction of sp³-hybridized carbons (Fsp3) is 0.172. The van der Waals surface area contributed by atoms with Gasteiger partial charge in [-0.05, 0) is 94.4 Å². The topological polar surface area (TPSA) is 568 Å². The number of H-pyrrole nitrogens is 6. The normalized spacial score (nSPS) is 13.8. The molecular weight excluding hydrogens is 1840 g/mol. The number of fused-ring (bicyclic) bond motifs is 7. The Morgan fingerprint density at radius 1 is 0.386 bits per heavy atom. The number of alkyl halides is 3. The number of aromatic nitrogens is 28. The summed E-state index contributed by atoms with van der Waals surface area (Å²) in [6, 6.07) is 55.7. The van der Waals surface area contributed by atoms with E-state index in [0.717, 1.165) is 109 Å². The first-order valence-corrected chi connectivity index (χ1v) is 45.3. The van der Waals surface area contributed by atoms with E-state index in [9.17, 15) is 36.9 Å². The Bertz CT molecular complexity index is 7550. The number of imidazole rings is 7. The molecule has 1 aliphatic heterocycles. The number of benzene rings is 7. The Labute approximate surface area is 798 Å². The molecule has 4 unspecified atom stereocenters. The molecule has 0 radical (unpaired) electrons. The van der Waals surface area contributed by atoms with Crippen LogP contribution in [-0.4, -0.2) is 201 Å². The number of aryl methyl sites for hydroxylation is 1. The Balaban J connectivity index is 0.000000118. The van der Waals surface area contributed by atoms with Gasteiger partial charge in [-0.25, -0.2) is 113 Å². The fourth-order valence-corrected chi connectivity index (χ4v) is 14.6. The molecule has 712 valence electrons. The summed E-state index contributed by atoms with van der Waals surface area (Å²) in [5, 5.41) is 52.7. The van der Waals surface area contributed by atoms with Gasteiger partial charge in [0, 0.05) is 57.1 Å². The molecule has 0 spiro atoms. The summed E-state index contributed by atoms with van der Waals surface area (Å²) in [4.78, 5) is 105. The van der Waals surface area contributed by atoms with Crippen LogP contribution in [0.3, 0.4) is 0 Å². The third kappa shape index (κ3) is 25.0. The average Bonchev–Trinajstić information content (AvgIpc) is 1.62. The van der Waals surface area contributed by atoms with Crippen LogP contribution in [0.15, 0.2) is 275 Å². The van der Waals surface area contributed by atoms with E-state index in [1.54, 1.807) is 63.0 Å². The average molecular weight is 1930 g/mol. The third-order valence-electron chi connectivity index (χ3n) is 21.2. The molecule has 0 aliphatic carbocycles. The number of aromatic amines is 6. The van der Waals surface area contributed by atoms with Crippen LogP contribution in [0.25, 0.3) is 78.1 Å². The summed E-state index contributed by atoms with van der Waals surface area (Å²) in [6.07, 6.45) is 14.0. The van der Waals surface area contributed by atoms with Gasteiger partial charge in [0.1, 0.15) is 101 Å². The van der Waals surface area contributed by atoms with Crippen molar-refractivity contribution in [2.45, 2.75) is 88.3 Å². The molecule has 1 fully saturated rings. The minimum atomic E-state index is -4.32. The molecule has 1 saturated heterocycles. The highest BCUT2D eigenvalue weighted by Gasteiger charge is 2.44. The molecule has 4 atom stereocenters. The molecule has 47 heteroatoms. The van der Waals surface area contributed by atoms with E-state index in [1.165, 1.54) is 96.6 Å². The molecule has 1 aliphatic rings. The van der Waals surface area contributed by atoms with Gasteiger partial charge in [0.05, 0.1) is 68.5 Å². The van der Waals surface area contributed by atoms with Gasteiger partial charge in [0.15, 0.2) is 102 Å². The molecule has 14 aromatic heterocycles. The van der Waals surface area contributed by atoms with Crippen LogP contribution < -0.4 is 42.0 Å². The number of nitrogens with zero attached hydrogens (tertiary/aromatic N) is 22. The van der Waals surface area contributed by atoms with E-state index < -0.39 is 46.1 Å². The minimum Gasteiger partial charge on any atom is -0.497 e. The van der Waals surface area contributed by atoms with Crippen molar-refractivity contribution in [3.63, 3.8) is 0 Å². The molecule has 7 aromatic carbocycles. The minimum absolute atomic E-state index is 0.309. The van der Waals surface area contributed by atoms with E-state index in [0.29, 0.717) is 111 Å². The largest absolute Gasteiger partial charge is 0.497 e. The second-order valence-corrected chi connectivity index (χ2v) is 33.2.